The summed E-state index contributed by atoms with van der Waals surface area (Å²) in [5.41, 5.74) is 4.03. The normalized spacial score (nSPS) is 11.6. The van der Waals surface area contributed by atoms with Gasteiger partial charge in [-0.15, -0.1) is 0 Å². The second-order valence-corrected chi connectivity index (χ2v) is 6.95. The topological polar surface area (TPSA) is 92.6 Å². The van der Waals surface area contributed by atoms with E-state index in [0.29, 0.717) is 23.0 Å². The van der Waals surface area contributed by atoms with Crippen molar-refractivity contribution in [3.8, 4) is 0 Å². The third-order valence-electron chi connectivity index (χ3n) is 4.05. The molecule has 0 spiro atoms. The zero-order valence-corrected chi connectivity index (χ0v) is 16.3. The van der Waals surface area contributed by atoms with Gasteiger partial charge in [0.15, 0.2) is 0 Å². The van der Waals surface area contributed by atoms with Crippen LogP contribution in [0.2, 0.25) is 0 Å². The summed E-state index contributed by atoms with van der Waals surface area (Å²) in [5, 5.41) is 27.4. The third-order valence-corrected chi connectivity index (χ3v) is 4.05. The molecule has 0 N–H and O–H groups in total. The van der Waals surface area contributed by atoms with Crippen LogP contribution in [0.3, 0.4) is 0 Å². The van der Waals surface area contributed by atoms with Gasteiger partial charge in [0.1, 0.15) is 0 Å². The molecular formula is C22H21N5O2. The van der Waals surface area contributed by atoms with Crippen molar-refractivity contribution in [2.45, 2.75) is 20.3 Å². The van der Waals surface area contributed by atoms with Crippen LogP contribution < -0.4 is 0 Å². The predicted octanol–water partition coefficient (Wildman–Crippen LogP) is 7.62. The van der Waals surface area contributed by atoms with Crippen LogP contribution in [0.4, 0.5) is 28.4 Å². The molecular weight excluding hydrogens is 366 g/mol. The summed E-state index contributed by atoms with van der Waals surface area (Å²) in [6, 6.07) is 21.2. The van der Waals surface area contributed by atoms with Crippen LogP contribution in [0.1, 0.15) is 19.4 Å². The molecule has 0 heterocycles. The largest absolute Gasteiger partial charge is 0.269 e. The fourth-order valence-corrected chi connectivity index (χ4v) is 2.63. The van der Waals surface area contributed by atoms with Gasteiger partial charge in [-0.3, -0.25) is 10.1 Å². The van der Waals surface area contributed by atoms with Crippen LogP contribution in [0.15, 0.2) is 93.3 Å². The van der Waals surface area contributed by atoms with Gasteiger partial charge in [-0.25, -0.2) is 0 Å². The molecule has 146 valence electrons. The highest BCUT2D eigenvalue weighted by Gasteiger charge is 2.03. The maximum absolute atomic E-state index is 10.7. The van der Waals surface area contributed by atoms with E-state index in [4.69, 9.17) is 0 Å². The highest BCUT2D eigenvalue weighted by molar-refractivity contribution is 5.49. The average molecular weight is 387 g/mol. The van der Waals surface area contributed by atoms with E-state index >= 15 is 0 Å². The van der Waals surface area contributed by atoms with E-state index in [2.05, 4.69) is 46.4 Å². The summed E-state index contributed by atoms with van der Waals surface area (Å²) >= 11 is 0. The van der Waals surface area contributed by atoms with Gasteiger partial charge in [0, 0.05) is 12.1 Å². The summed E-state index contributed by atoms with van der Waals surface area (Å²) in [6.07, 6.45) is 1.05. The lowest BCUT2D eigenvalue weighted by Crippen LogP contribution is -1.92. The van der Waals surface area contributed by atoms with Crippen molar-refractivity contribution in [3.05, 3.63) is 88.5 Å². The first-order valence-electron chi connectivity index (χ1n) is 9.26. The molecule has 0 saturated carbocycles. The van der Waals surface area contributed by atoms with E-state index in [-0.39, 0.29) is 5.69 Å². The van der Waals surface area contributed by atoms with Gasteiger partial charge < -0.3 is 0 Å². The molecule has 3 aromatic carbocycles. The number of nitro benzene ring substituents is 1. The predicted molar refractivity (Wildman–Crippen MR) is 113 cm³/mol. The van der Waals surface area contributed by atoms with Crippen molar-refractivity contribution in [2.75, 3.05) is 0 Å². The molecule has 0 aromatic heterocycles. The Morgan fingerprint density at radius 3 is 1.38 bits per heavy atom. The standard InChI is InChI=1S/C22H21N5O2/c1-16(2)15-17-3-5-18(6-4-17)23-24-19-7-9-20(10-8-19)25-26-21-11-13-22(14-12-21)27(28)29/h3-14,16H,15H2,1-2H3. The molecule has 0 atom stereocenters. The lowest BCUT2D eigenvalue weighted by Gasteiger charge is -2.04. The van der Waals surface area contributed by atoms with Crippen molar-refractivity contribution in [2.24, 2.45) is 26.4 Å². The van der Waals surface area contributed by atoms with Gasteiger partial charge in [-0.05, 0) is 66.4 Å². The highest BCUT2D eigenvalue weighted by Crippen LogP contribution is 2.24. The second-order valence-electron chi connectivity index (χ2n) is 6.95. The van der Waals surface area contributed by atoms with E-state index < -0.39 is 4.92 Å². The van der Waals surface area contributed by atoms with Crippen LogP contribution in [-0.2, 0) is 6.42 Å². The number of azo groups is 2. The van der Waals surface area contributed by atoms with Crippen molar-refractivity contribution >= 4 is 28.4 Å². The smallest absolute Gasteiger partial charge is 0.258 e. The van der Waals surface area contributed by atoms with Crippen LogP contribution in [-0.4, -0.2) is 4.92 Å². The molecule has 0 aliphatic heterocycles. The summed E-state index contributed by atoms with van der Waals surface area (Å²) in [7, 11) is 0. The molecule has 3 rings (SSSR count). The zero-order chi connectivity index (χ0) is 20.6. The monoisotopic (exact) mass is 387 g/mol. The molecule has 0 saturated heterocycles. The van der Waals surface area contributed by atoms with Gasteiger partial charge in [0.25, 0.3) is 5.69 Å². The number of hydrogen-bond acceptors (Lipinski definition) is 6. The quantitative estimate of drug-likeness (QED) is 0.237. The second kappa shape index (κ2) is 9.45. The van der Waals surface area contributed by atoms with Crippen molar-refractivity contribution in [1.82, 2.24) is 0 Å². The van der Waals surface area contributed by atoms with Gasteiger partial charge in [0.2, 0.25) is 0 Å². The van der Waals surface area contributed by atoms with Crippen LogP contribution in [0.25, 0.3) is 0 Å². The first kappa shape index (κ1) is 20.0. The molecule has 7 heteroatoms. The Labute approximate surface area is 169 Å². The summed E-state index contributed by atoms with van der Waals surface area (Å²) in [4.78, 5) is 10.2. The molecule has 29 heavy (non-hydrogen) atoms. The van der Waals surface area contributed by atoms with Crippen LogP contribution in [0.5, 0.6) is 0 Å². The summed E-state index contributed by atoms with van der Waals surface area (Å²) in [5.74, 6) is 0.624. The molecule has 0 aliphatic rings. The lowest BCUT2D eigenvalue weighted by atomic mass is 10.0. The molecule has 0 aliphatic carbocycles. The summed E-state index contributed by atoms with van der Waals surface area (Å²) < 4.78 is 0. The van der Waals surface area contributed by atoms with E-state index in [1.807, 2.05) is 12.1 Å². The minimum absolute atomic E-state index is 0.0215. The number of nitro groups is 1. The number of hydrogen-bond donors (Lipinski definition) is 0. The number of non-ortho nitro benzene ring substituents is 1. The van der Waals surface area contributed by atoms with Gasteiger partial charge in [-0.1, -0.05) is 26.0 Å². The van der Waals surface area contributed by atoms with Crippen molar-refractivity contribution < 1.29 is 4.92 Å². The molecule has 3 aromatic rings. The third kappa shape index (κ3) is 6.14. The maximum atomic E-state index is 10.7. The van der Waals surface area contributed by atoms with Crippen LogP contribution in [0, 0.1) is 16.0 Å². The Balaban J connectivity index is 1.60. The first-order valence-corrected chi connectivity index (χ1v) is 9.26. The Bertz CT molecular complexity index is 1010. The molecule has 7 nitrogen and oxygen atoms in total. The minimum Gasteiger partial charge on any atom is -0.258 e. The Morgan fingerprint density at radius 1 is 0.690 bits per heavy atom. The number of benzene rings is 3. The SMILES string of the molecule is CC(C)Cc1ccc(N=Nc2ccc(N=Nc3ccc([N+](=O)[O-])cc3)cc2)cc1. The average Bonchev–Trinajstić information content (AvgIpc) is 2.72. The Morgan fingerprint density at radius 2 is 1.03 bits per heavy atom. The van der Waals surface area contributed by atoms with Crippen LogP contribution >= 0.6 is 0 Å². The van der Waals surface area contributed by atoms with Gasteiger partial charge in [0.05, 0.1) is 27.7 Å². The van der Waals surface area contributed by atoms with Crippen molar-refractivity contribution in [3.63, 3.8) is 0 Å². The van der Waals surface area contributed by atoms with E-state index in [1.165, 1.54) is 17.7 Å². The molecule has 0 radical (unpaired) electrons. The van der Waals surface area contributed by atoms with E-state index in [9.17, 15) is 10.1 Å². The minimum atomic E-state index is -0.450. The fraction of sp³-hybridized carbons (Fsp3) is 0.182. The molecule has 0 unspecified atom stereocenters. The Hall–Kier alpha value is -3.74. The molecule has 0 bridgehead atoms. The maximum Gasteiger partial charge on any atom is 0.269 e. The highest BCUT2D eigenvalue weighted by atomic mass is 16.6. The van der Waals surface area contributed by atoms with Gasteiger partial charge >= 0.3 is 0 Å². The molecule has 0 fully saturated rings. The van der Waals surface area contributed by atoms with Crippen molar-refractivity contribution in [1.29, 1.82) is 0 Å². The zero-order valence-electron chi connectivity index (χ0n) is 16.3. The van der Waals surface area contributed by atoms with E-state index in [1.54, 1.807) is 36.4 Å². The van der Waals surface area contributed by atoms with E-state index in [0.717, 1.165) is 12.1 Å². The number of rotatable bonds is 7. The summed E-state index contributed by atoms with van der Waals surface area (Å²) in [6.45, 7) is 4.39. The van der Waals surface area contributed by atoms with Gasteiger partial charge in [-0.2, -0.15) is 20.5 Å². The molecule has 0 amide bonds. The fourth-order valence-electron chi connectivity index (χ4n) is 2.63. The Kier molecular flexibility index (Phi) is 6.52. The number of nitrogens with zero attached hydrogens (tertiary/aromatic N) is 5. The first-order chi connectivity index (χ1) is 14.0. The lowest BCUT2D eigenvalue weighted by molar-refractivity contribution is -0.384.